The highest BCUT2D eigenvalue weighted by atomic mass is 32.2. The summed E-state index contributed by atoms with van der Waals surface area (Å²) in [6.07, 6.45) is 3.33. The van der Waals surface area contributed by atoms with Crippen molar-refractivity contribution in [2.45, 2.75) is 51.2 Å². The topological polar surface area (TPSA) is 101 Å². The zero-order chi connectivity index (χ0) is 19.4. The molecule has 1 aromatic heterocycles. The summed E-state index contributed by atoms with van der Waals surface area (Å²) in [5.41, 5.74) is 1.70. The molecule has 2 N–H and O–H groups in total. The molecule has 0 saturated carbocycles. The van der Waals surface area contributed by atoms with Crippen LogP contribution >= 0.6 is 0 Å². The molecule has 8 nitrogen and oxygen atoms in total. The average molecular weight is 391 g/mol. The number of rotatable bonds is 6. The second-order valence-corrected chi connectivity index (χ2v) is 8.69. The largest absolute Gasteiger partial charge is 0.357 e. The highest BCUT2D eigenvalue weighted by Crippen LogP contribution is 2.17. The number of hydrogen-bond donors (Lipinski definition) is 2. The summed E-state index contributed by atoms with van der Waals surface area (Å²) in [6, 6.07) is 5.33. The van der Waals surface area contributed by atoms with Crippen LogP contribution in [0.2, 0.25) is 0 Å². The number of nitrogens with one attached hydrogen (secondary N) is 2. The van der Waals surface area contributed by atoms with Crippen LogP contribution in [0.5, 0.6) is 0 Å². The van der Waals surface area contributed by atoms with E-state index in [2.05, 4.69) is 30.4 Å². The molecule has 2 aromatic rings. The molecule has 0 radical (unpaired) electrons. The van der Waals surface area contributed by atoms with Crippen LogP contribution in [0.1, 0.15) is 36.1 Å². The van der Waals surface area contributed by atoms with Gasteiger partial charge in [0.2, 0.25) is 0 Å². The number of guanidine groups is 1. The van der Waals surface area contributed by atoms with Crippen LogP contribution in [-0.4, -0.2) is 41.9 Å². The molecule has 0 spiro atoms. The van der Waals surface area contributed by atoms with Crippen molar-refractivity contribution in [1.29, 1.82) is 0 Å². The quantitative estimate of drug-likeness (QED) is 0.568. The second kappa shape index (κ2) is 8.08. The first kappa shape index (κ1) is 19.3. The monoisotopic (exact) mass is 390 g/mol. The molecule has 146 valence electrons. The lowest BCUT2D eigenvalue weighted by atomic mass is 10.1. The van der Waals surface area contributed by atoms with E-state index in [1.807, 2.05) is 19.1 Å². The molecular formula is C18H26N6O2S. The molecule has 0 bridgehead atoms. The number of nitrogens with zero attached hydrogens (tertiary/aromatic N) is 4. The van der Waals surface area contributed by atoms with Gasteiger partial charge in [-0.3, -0.25) is 0 Å². The van der Waals surface area contributed by atoms with Crippen LogP contribution in [-0.2, 0) is 35.9 Å². The van der Waals surface area contributed by atoms with Crippen molar-refractivity contribution in [3.05, 3.63) is 41.0 Å². The van der Waals surface area contributed by atoms with Gasteiger partial charge in [0.05, 0.1) is 18.0 Å². The number of sulfone groups is 1. The van der Waals surface area contributed by atoms with Gasteiger partial charge in [-0.25, -0.2) is 13.4 Å². The van der Waals surface area contributed by atoms with Crippen molar-refractivity contribution >= 4 is 15.8 Å². The lowest BCUT2D eigenvalue weighted by Gasteiger charge is -2.12. The van der Waals surface area contributed by atoms with Gasteiger partial charge < -0.3 is 15.2 Å². The summed E-state index contributed by atoms with van der Waals surface area (Å²) < 4.78 is 25.6. The minimum atomic E-state index is -3.20. The molecule has 3 rings (SSSR count). The average Bonchev–Trinajstić information content (AvgIpc) is 3.20. The normalized spacial score (nSPS) is 14.3. The summed E-state index contributed by atoms with van der Waals surface area (Å²) >= 11 is 0. The SMILES string of the molecule is CCNC(=NCc1ccc(S(C)(=O)=O)c(C)c1)NCc1nnc2n1CCC2. The number of aliphatic imine (C=N–C) groups is 1. The summed E-state index contributed by atoms with van der Waals surface area (Å²) in [6.45, 7) is 6.55. The number of hydrogen-bond acceptors (Lipinski definition) is 5. The summed E-state index contributed by atoms with van der Waals surface area (Å²) in [5.74, 6) is 2.66. The van der Waals surface area contributed by atoms with Crippen molar-refractivity contribution in [3.63, 3.8) is 0 Å². The van der Waals surface area contributed by atoms with Gasteiger partial charge in [-0.05, 0) is 37.5 Å². The fourth-order valence-corrected chi connectivity index (χ4v) is 4.20. The molecule has 1 aliphatic heterocycles. The van der Waals surface area contributed by atoms with Crippen molar-refractivity contribution in [2.75, 3.05) is 12.8 Å². The molecule has 2 heterocycles. The Morgan fingerprint density at radius 1 is 1.30 bits per heavy atom. The number of fused-ring (bicyclic) bond motifs is 1. The fraction of sp³-hybridized carbons (Fsp3) is 0.500. The predicted molar refractivity (Wildman–Crippen MR) is 104 cm³/mol. The molecule has 0 atom stereocenters. The Balaban J connectivity index is 1.67. The Labute approximate surface area is 160 Å². The van der Waals surface area contributed by atoms with Crippen LogP contribution < -0.4 is 10.6 Å². The van der Waals surface area contributed by atoms with E-state index in [1.165, 1.54) is 6.26 Å². The molecule has 1 aromatic carbocycles. The number of benzene rings is 1. The van der Waals surface area contributed by atoms with E-state index in [0.717, 1.165) is 48.7 Å². The number of aryl methyl sites for hydroxylation is 2. The van der Waals surface area contributed by atoms with Crippen molar-refractivity contribution in [2.24, 2.45) is 4.99 Å². The highest BCUT2D eigenvalue weighted by Gasteiger charge is 2.17. The van der Waals surface area contributed by atoms with Crippen LogP contribution in [0.25, 0.3) is 0 Å². The van der Waals surface area contributed by atoms with Crippen LogP contribution in [0.3, 0.4) is 0 Å². The minimum Gasteiger partial charge on any atom is -0.357 e. The molecular weight excluding hydrogens is 364 g/mol. The van der Waals surface area contributed by atoms with E-state index in [-0.39, 0.29) is 0 Å². The third-order valence-corrected chi connectivity index (χ3v) is 5.76. The van der Waals surface area contributed by atoms with Crippen LogP contribution in [0.15, 0.2) is 28.1 Å². The molecule has 0 amide bonds. The lowest BCUT2D eigenvalue weighted by molar-refractivity contribution is 0.601. The summed E-state index contributed by atoms with van der Waals surface area (Å²) in [4.78, 5) is 4.96. The molecule has 27 heavy (non-hydrogen) atoms. The van der Waals surface area contributed by atoms with Crippen molar-refractivity contribution < 1.29 is 8.42 Å². The zero-order valence-corrected chi connectivity index (χ0v) is 16.8. The smallest absolute Gasteiger partial charge is 0.191 e. The van der Waals surface area contributed by atoms with Crippen molar-refractivity contribution in [3.8, 4) is 0 Å². The van der Waals surface area contributed by atoms with Crippen LogP contribution in [0, 0.1) is 6.92 Å². The van der Waals surface area contributed by atoms with Gasteiger partial charge >= 0.3 is 0 Å². The van der Waals surface area contributed by atoms with Gasteiger partial charge in [0, 0.05) is 25.8 Å². The Morgan fingerprint density at radius 2 is 2.11 bits per heavy atom. The van der Waals surface area contributed by atoms with E-state index >= 15 is 0 Å². The minimum absolute atomic E-state index is 0.362. The molecule has 0 saturated heterocycles. The molecule has 1 aliphatic rings. The first-order valence-electron chi connectivity index (χ1n) is 9.11. The van der Waals surface area contributed by atoms with E-state index in [9.17, 15) is 8.42 Å². The third kappa shape index (κ3) is 4.65. The van der Waals surface area contributed by atoms with Gasteiger partial charge in [0.25, 0.3) is 0 Å². The highest BCUT2D eigenvalue weighted by molar-refractivity contribution is 7.90. The van der Waals surface area contributed by atoms with E-state index in [0.29, 0.717) is 23.9 Å². The molecule has 0 unspecified atom stereocenters. The Hall–Kier alpha value is -2.42. The van der Waals surface area contributed by atoms with Crippen LogP contribution in [0.4, 0.5) is 0 Å². The van der Waals surface area contributed by atoms with E-state index in [4.69, 9.17) is 0 Å². The Bertz CT molecular complexity index is 949. The standard InChI is InChI=1S/C18H26N6O2S/c1-4-19-18(21-12-17-23-22-16-6-5-9-24(16)17)20-11-14-7-8-15(13(2)10-14)27(3,25)26/h7-8,10H,4-6,9,11-12H2,1-3H3,(H2,19,20,21). The molecule has 0 aliphatic carbocycles. The summed E-state index contributed by atoms with van der Waals surface area (Å²) in [7, 11) is -3.20. The predicted octanol–water partition coefficient (Wildman–Crippen LogP) is 1.19. The van der Waals surface area contributed by atoms with Gasteiger partial charge in [0.15, 0.2) is 21.6 Å². The maximum atomic E-state index is 11.7. The third-order valence-electron chi connectivity index (χ3n) is 4.50. The zero-order valence-electron chi connectivity index (χ0n) is 16.0. The first-order chi connectivity index (χ1) is 12.9. The van der Waals surface area contributed by atoms with E-state index in [1.54, 1.807) is 13.0 Å². The van der Waals surface area contributed by atoms with Gasteiger partial charge in [-0.1, -0.05) is 12.1 Å². The first-order valence-corrected chi connectivity index (χ1v) is 11.0. The maximum absolute atomic E-state index is 11.7. The van der Waals surface area contributed by atoms with Crippen molar-refractivity contribution in [1.82, 2.24) is 25.4 Å². The second-order valence-electron chi connectivity index (χ2n) is 6.71. The molecule has 9 heteroatoms. The van der Waals surface area contributed by atoms with Gasteiger partial charge in [-0.2, -0.15) is 0 Å². The van der Waals surface area contributed by atoms with E-state index < -0.39 is 9.84 Å². The summed E-state index contributed by atoms with van der Waals surface area (Å²) in [5, 5.41) is 15.0. The van der Waals surface area contributed by atoms with Gasteiger partial charge in [0.1, 0.15) is 5.82 Å². The fourth-order valence-electron chi connectivity index (χ4n) is 3.24. The Kier molecular flexibility index (Phi) is 5.79. The van der Waals surface area contributed by atoms with Gasteiger partial charge in [-0.15, -0.1) is 10.2 Å². The lowest BCUT2D eigenvalue weighted by Crippen LogP contribution is -2.37. The Morgan fingerprint density at radius 3 is 2.81 bits per heavy atom. The number of aromatic nitrogens is 3. The molecule has 0 fully saturated rings. The maximum Gasteiger partial charge on any atom is 0.191 e.